The lowest BCUT2D eigenvalue weighted by Crippen LogP contribution is -2.32. The number of benzene rings is 1. The largest absolute Gasteiger partial charge is 0.441 e. The highest BCUT2D eigenvalue weighted by Crippen LogP contribution is 2.22. The Hall–Kier alpha value is -2.10. The molecule has 0 radical (unpaired) electrons. The highest BCUT2D eigenvalue weighted by Gasteiger charge is 2.15. The molecule has 0 unspecified atom stereocenters. The lowest BCUT2D eigenvalue weighted by Gasteiger charge is -2.21. The summed E-state index contributed by atoms with van der Waals surface area (Å²) in [6.45, 7) is 7.78. The van der Waals surface area contributed by atoms with Crippen molar-refractivity contribution in [3.05, 3.63) is 41.8 Å². The molecule has 0 aliphatic heterocycles. The molecule has 1 aromatic carbocycles. The summed E-state index contributed by atoms with van der Waals surface area (Å²) < 4.78 is 5.75. The maximum absolute atomic E-state index is 12.4. The van der Waals surface area contributed by atoms with Crippen LogP contribution in [0, 0.1) is 6.92 Å². The van der Waals surface area contributed by atoms with Gasteiger partial charge in [-0.2, -0.15) is 0 Å². The van der Waals surface area contributed by atoms with Crippen LogP contribution >= 0.6 is 0 Å². The number of nitrogens with zero attached hydrogens (tertiary/aromatic N) is 2. The first-order chi connectivity index (χ1) is 11.2. The molecule has 0 fully saturated rings. The number of hydrogen-bond donors (Lipinski definition) is 0. The molecule has 0 bridgehead atoms. The molecule has 1 heterocycles. The Morgan fingerprint density at radius 1 is 1.13 bits per heavy atom. The van der Waals surface area contributed by atoms with Crippen LogP contribution in [0.4, 0.5) is 0 Å². The second-order valence-electron chi connectivity index (χ2n) is 5.77. The Kier molecular flexibility index (Phi) is 6.39. The summed E-state index contributed by atoms with van der Waals surface area (Å²) in [6.07, 6.45) is 3.10. The minimum atomic E-state index is 0.206. The van der Waals surface area contributed by atoms with Crippen molar-refractivity contribution < 1.29 is 9.21 Å². The number of carbonyl (C=O) groups excluding carboxylic acids is 1. The first kappa shape index (κ1) is 17.3. The zero-order valence-corrected chi connectivity index (χ0v) is 14.3. The van der Waals surface area contributed by atoms with Crippen molar-refractivity contribution in [2.75, 3.05) is 13.1 Å². The third-order valence-electron chi connectivity index (χ3n) is 3.83. The molecule has 1 amide bonds. The monoisotopic (exact) mass is 314 g/mol. The van der Waals surface area contributed by atoms with E-state index in [1.807, 2.05) is 42.2 Å². The summed E-state index contributed by atoms with van der Waals surface area (Å²) in [7, 11) is 0. The minimum Gasteiger partial charge on any atom is -0.441 e. The van der Waals surface area contributed by atoms with Gasteiger partial charge in [0.15, 0.2) is 0 Å². The van der Waals surface area contributed by atoms with E-state index < -0.39 is 0 Å². The summed E-state index contributed by atoms with van der Waals surface area (Å²) in [6, 6.07) is 9.85. The molecule has 4 nitrogen and oxygen atoms in total. The molecule has 1 aromatic heterocycles. The Bertz CT molecular complexity index is 614. The van der Waals surface area contributed by atoms with Crippen molar-refractivity contribution >= 4 is 5.91 Å². The summed E-state index contributed by atoms with van der Waals surface area (Å²) in [5.41, 5.74) is 1.84. The van der Waals surface area contributed by atoms with Crippen molar-refractivity contribution in [1.29, 1.82) is 0 Å². The van der Waals surface area contributed by atoms with Gasteiger partial charge in [-0.3, -0.25) is 4.79 Å². The number of carbonyl (C=O) groups is 1. The fraction of sp³-hybridized carbons (Fsp3) is 0.474. The van der Waals surface area contributed by atoms with Gasteiger partial charge in [0, 0.05) is 31.5 Å². The Labute approximate surface area is 138 Å². The van der Waals surface area contributed by atoms with Crippen molar-refractivity contribution in [2.45, 2.75) is 46.5 Å². The van der Waals surface area contributed by atoms with Crippen LogP contribution in [-0.2, 0) is 11.2 Å². The van der Waals surface area contributed by atoms with Crippen LogP contribution in [-0.4, -0.2) is 28.9 Å². The van der Waals surface area contributed by atoms with E-state index in [0.717, 1.165) is 42.9 Å². The highest BCUT2D eigenvalue weighted by molar-refractivity contribution is 5.76. The molecule has 4 heteroatoms. The molecule has 0 aliphatic rings. The van der Waals surface area contributed by atoms with Gasteiger partial charge in [-0.1, -0.05) is 32.0 Å². The summed E-state index contributed by atoms with van der Waals surface area (Å²) in [5.74, 6) is 1.64. The molecule has 23 heavy (non-hydrogen) atoms. The minimum absolute atomic E-state index is 0.206. The predicted octanol–water partition coefficient (Wildman–Crippen LogP) is 4.23. The lowest BCUT2D eigenvalue weighted by atomic mass is 10.2. The topological polar surface area (TPSA) is 46.3 Å². The molecular formula is C19H26N2O2. The van der Waals surface area contributed by atoms with Gasteiger partial charge in [0.1, 0.15) is 5.76 Å². The van der Waals surface area contributed by atoms with Crippen LogP contribution < -0.4 is 0 Å². The SMILES string of the molecule is CCCN(CCC)C(=O)CCc1nc(-c2ccccc2)oc1C. The molecule has 0 atom stereocenters. The van der Waals surface area contributed by atoms with Crippen LogP contribution in [0.5, 0.6) is 0 Å². The van der Waals surface area contributed by atoms with E-state index >= 15 is 0 Å². The number of oxazole rings is 1. The van der Waals surface area contributed by atoms with Gasteiger partial charge in [-0.25, -0.2) is 4.98 Å². The maximum Gasteiger partial charge on any atom is 0.226 e. The summed E-state index contributed by atoms with van der Waals surface area (Å²) in [4.78, 5) is 18.9. The fourth-order valence-electron chi connectivity index (χ4n) is 2.65. The van der Waals surface area contributed by atoms with Gasteiger partial charge < -0.3 is 9.32 Å². The van der Waals surface area contributed by atoms with Gasteiger partial charge >= 0.3 is 0 Å². The van der Waals surface area contributed by atoms with Crippen LogP contribution in [0.3, 0.4) is 0 Å². The van der Waals surface area contributed by atoms with Crippen molar-refractivity contribution in [3.63, 3.8) is 0 Å². The first-order valence-electron chi connectivity index (χ1n) is 8.45. The zero-order valence-electron chi connectivity index (χ0n) is 14.3. The Morgan fingerprint density at radius 3 is 2.39 bits per heavy atom. The Morgan fingerprint density at radius 2 is 1.78 bits per heavy atom. The molecular weight excluding hydrogens is 288 g/mol. The lowest BCUT2D eigenvalue weighted by molar-refractivity contribution is -0.131. The van der Waals surface area contributed by atoms with E-state index in [0.29, 0.717) is 18.7 Å². The van der Waals surface area contributed by atoms with E-state index in [-0.39, 0.29) is 5.91 Å². The smallest absolute Gasteiger partial charge is 0.226 e. The van der Waals surface area contributed by atoms with E-state index in [9.17, 15) is 4.79 Å². The number of hydrogen-bond acceptors (Lipinski definition) is 3. The molecule has 0 N–H and O–H groups in total. The van der Waals surface area contributed by atoms with Gasteiger partial charge in [0.05, 0.1) is 5.69 Å². The molecule has 0 aliphatic carbocycles. The third kappa shape index (κ3) is 4.68. The van der Waals surface area contributed by atoms with Gasteiger partial charge in [0.2, 0.25) is 11.8 Å². The van der Waals surface area contributed by atoms with Crippen LogP contribution in [0.2, 0.25) is 0 Å². The average molecular weight is 314 g/mol. The average Bonchev–Trinajstić information content (AvgIpc) is 2.94. The first-order valence-corrected chi connectivity index (χ1v) is 8.45. The number of rotatable bonds is 8. The van der Waals surface area contributed by atoms with E-state index in [4.69, 9.17) is 4.42 Å². The number of aromatic nitrogens is 1. The van der Waals surface area contributed by atoms with Gasteiger partial charge in [0.25, 0.3) is 0 Å². The van der Waals surface area contributed by atoms with Gasteiger partial charge in [-0.15, -0.1) is 0 Å². The van der Waals surface area contributed by atoms with Crippen LogP contribution in [0.15, 0.2) is 34.7 Å². The quantitative estimate of drug-likeness (QED) is 0.732. The summed E-state index contributed by atoms with van der Waals surface area (Å²) in [5, 5.41) is 0. The molecule has 0 saturated heterocycles. The molecule has 0 spiro atoms. The van der Waals surface area contributed by atoms with E-state index in [1.165, 1.54) is 0 Å². The molecule has 2 aromatic rings. The maximum atomic E-state index is 12.4. The van der Waals surface area contributed by atoms with Crippen LogP contribution in [0.1, 0.15) is 44.6 Å². The zero-order chi connectivity index (χ0) is 16.7. The third-order valence-corrected chi connectivity index (χ3v) is 3.83. The fourth-order valence-corrected chi connectivity index (χ4v) is 2.65. The van der Waals surface area contributed by atoms with Gasteiger partial charge in [-0.05, 0) is 31.9 Å². The van der Waals surface area contributed by atoms with Crippen molar-refractivity contribution in [3.8, 4) is 11.5 Å². The Balaban J connectivity index is 2.01. The molecule has 0 saturated carbocycles. The second kappa shape index (κ2) is 8.51. The van der Waals surface area contributed by atoms with Crippen LogP contribution in [0.25, 0.3) is 11.5 Å². The molecule has 124 valence electrons. The number of aryl methyl sites for hydroxylation is 2. The van der Waals surface area contributed by atoms with Crippen molar-refractivity contribution in [1.82, 2.24) is 9.88 Å². The number of amides is 1. The normalized spacial score (nSPS) is 10.7. The second-order valence-corrected chi connectivity index (χ2v) is 5.77. The van der Waals surface area contributed by atoms with E-state index in [2.05, 4.69) is 18.8 Å². The summed E-state index contributed by atoms with van der Waals surface area (Å²) >= 11 is 0. The van der Waals surface area contributed by atoms with E-state index in [1.54, 1.807) is 0 Å². The molecule has 2 rings (SSSR count). The van der Waals surface area contributed by atoms with Crippen molar-refractivity contribution in [2.24, 2.45) is 0 Å². The highest BCUT2D eigenvalue weighted by atomic mass is 16.4. The standard InChI is InChI=1S/C19H26N2O2/c1-4-13-21(14-5-2)18(22)12-11-17-15(3)23-19(20-17)16-9-7-6-8-10-16/h6-10H,4-5,11-14H2,1-3H3. The predicted molar refractivity (Wildman–Crippen MR) is 92.2 cm³/mol.